The van der Waals surface area contributed by atoms with Gasteiger partial charge in [0.15, 0.2) is 0 Å². The van der Waals surface area contributed by atoms with Gasteiger partial charge >= 0.3 is 6.07 Å². The van der Waals surface area contributed by atoms with Crippen molar-refractivity contribution >= 4 is 0 Å². The van der Waals surface area contributed by atoms with E-state index in [9.17, 15) is 5.21 Å². The second-order valence-corrected chi connectivity index (χ2v) is 2.58. The Kier molecular flexibility index (Phi) is 2.12. The van der Waals surface area contributed by atoms with E-state index in [-0.39, 0.29) is 0 Å². The molecule has 56 valence electrons. The Morgan fingerprint density at radius 1 is 1.18 bits per heavy atom. The van der Waals surface area contributed by atoms with Crippen LogP contribution in [-0.2, 0) is 0 Å². The molecular formula is C9H9NO. The summed E-state index contributed by atoms with van der Waals surface area (Å²) in [6, 6.07) is 8.14. The quantitative estimate of drug-likeness (QED) is 0.518. The van der Waals surface area contributed by atoms with Crippen LogP contribution in [0.3, 0.4) is 0 Å². The molecule has 0 unspecified atom stereocenters. The SMILES string of the molecule is Cc1cc(C)cc(C#[N+][O-])c1. The van der Waals surface area contributed by atoms with Crippen LogP contribution in [0.1, 0.15) is 16.7 Å². The molecule has 0 aliphatic heterocycles. The Morgan fingerprint density at radius 2 is 1.73 bits per heavy atom. The first-order chi connectivity index (χ1) is 5.22. The summed E-state index contributed by atoms with van der Waals surface area (Å²) < 4.78 is 0. The fourth-order valence-electron chi connectivity index (χ4n) is 1.09. The lowest BCUT2D eigenvalue weighted by Gasteiger charge is -1.93. The molecule has 1 aromatic rings. The molecule has 0 radical (unpaired) electrons. The van der Waals surface area contributed by atoms with Crippen LogP contribution in [0, 0.1) is 25.1 Å². The maximum Gasteiger partial charge on any atom is 0.336 e. The third kappa shape index (κ3) is 1.98. The minimum Gasteiger partial charge on any atom is -0.498 e. The Labute approximate surface area is 65.9 Å². The minimum atomic E-state index is 0.748. The van der Waals surface area contributed by atoms with Crippen LogP contribution in [-0.4, -0.2) is 0 Å². The number of rotatable bonds is 0. The summed E-state index contributed by atoms with van der Waals surface area (Å²) in [6.07, 6.45) is 0. The van der Waals surface area contributed by atoms with Gasteiger partial charge in [0.2, 0.25) is 0 Å². The van der Waals surface area contributed by atoms with Crippen molar-refractivity contribution in [3.8, 4) is 6.07 Å². The van der Waals surface area contributed by atoms with E-state index in [1.165, 1.54) is 0 Å². The zero-order chi connectivity index (χ0) is 8.27. The predicted molar refractivity (Wildman–Crippen MR) is 45.6 cm³/mol. The first-order valence-electron chi connectivity index (χ1n) is 3.39. The summed E-state index contributed by atoms with van der Waals surface area (Å²) in [5.74, 6) is 0. The van der Waals surface area contributed by atoms with E-state index in [1.54, 1.807) is 0 Å². The van der Waals surface area contributed by atoms with Crippen molar-refractivity contribution in [2.45, 2.75) is 13.8 Å². The maximum absolute atomic E-state index is 9.84. The standard InChI is InChI=1S/C9H9NO/c1-7-3-8(2)5-9(4-7)6-10-11/h3-5H,1-2H3. The number of benzene rings is 1. The van der Waals surface area contributed by atoms with E-state index in [0.717, 1.165) is 16.7 Å². The molecule has 11 heavy (non-hydrogen) atoms. The summed E-state index contributed by atoms with van der Waals surface area (Å²) >= 11 is 0. The Hall–Kier alpha value is -1.49. The summed E-state index contributed by atoms with van der Waals surface area (Å²) in [5.41, 5.74) is 2.99. The number of hydrogen-bond donors (Lipinski definition) is 0. The van der Waals surface area contributed by atoms with Gasteiger partial charge in [0.05, 0.1) is 0 Å². The molecule has 0 saturated heterocycles. The van der Waals surface area contributed by atoms with Crippen LogP contribution in [0.25, 0.3) is 5.01 Å². The van der Waals surface area contributed by atoms with Crippen LogP contribution in [0.2, 0.25) is 0 Å². The van der Waals surface area contributed by atoms with Gasteiger partial charge in [-0.1, -0.05) is 6.07 Å². The fraction of sp³-hybridized carbons (Fsp3) is 0.222. The molecule has 0 heterocycles. The molecule has 0 N–H and O–H groups in total. The molecule has 0 aromatic heterocycles. The first-order valence-corrected chi connectivity index (χ1v) is 3.39. The third-order valence-electron chi connectivity index (χ3n) is 1.40. The normalized spacial score (nSPS) is 8.55. The van der Waals surface area contributed by atoms with Crippen molar-refractivity contribution in [1.82, 2.24) is 0 Å². The van der Waals surface area contributed by atoms with E-state index >= 15 is 0 Å². The average Bonchev–Trinajstić information content (AvgIpc) is 1.85. The lowest BCUT2D eigenvalue weighted by molar-refractivity contribution is 1.37. The molecule has 0 saturated carbocycles. The summed E-state index contributed by atoms with van der Waals surface area (Å²) in [7, 11) is 0. The average molecular weight is 147 g/mol. The van der Waals surface area contributed by atoms with Crippen LogP contribution in [0.15, 0.2) is 18.2 Å². The van der Waals surface area contributed by atoms with E-state index in [4.69, 9.17) is 0 Å². The molecule has 0 aliphatic rings. The number of nitrogens with zero attached hydrogens (tertiary/aromatic N) is 1. The van der Waals surface area contributed by atoms with Crippen LogP contribution < -0.4 is 0 Å². The third-order valence-corrected chi connectivity index (χ3v) is 1.40. The van der Waals surface area contributed by atoms with Crippen LogP contribution >= 0.6 is 0 Å². The van der Waals surface area contributed by atoms with E-state index in [2.05, 4.69) is 11.1 Å². The monoisotopic (exact) mass is 147 g/mol. The van der Waals surface area contributed by atoms with Gasteiger partial charge in [-0.2, -0.15) is 0 Å². The smallest absolute Gasteiger partial charge is 0.336 e. The molecule has 0 bridgehead atoms. The van der Waals surface area contributed by atoms with Crippen molar-refractivity contribution in [3.63, 3.8) is 0 Å². The Morgan fingerprint density at radius 3 is 2.18 bits per heavy atom. The van der Waals surface area contributed by atoms with Crippen molar-refractivity contribution in [1.29, 1.82) is 0 Å². The first kappa shape index (κ1) is 7.62. The van der Waals surface area contributed by atoms with Gasteiger partial charge in [-0.05, 0) is 37.1 Å². The Bertz CT molecular complexity index is 300. The number of hydrogen-bond acceptors (Lipinski definition) is 1. The highest BCUT2D eigenvalue weighted by Gasteiger charge is 1.95. The van der Waals surface area contributed by atoms with Crippen molar-refractivity contribution in [3.05, 3.63) is 45.1 Å². The second-order valence-electron chi connectivity index (χ2n) is 2.58. The predicted octanol–water partition coefficient (Wildman–Crippen LogP) is 2.48. The van der Waals surface area contributed by atoms with Crippen molar-refractivity contribution in [2.75, 3.05) is 0 Å². The zero-order valence-electron chi connectivity index (χ0n) is 6.59. The molecule has 0 aliphatic carbocycles. The van der Waals surface area contributed by atoms with Gasteiger partial charge in [0.1, 0.15) is 5.56 Å². The molecule has 1 rings (SSSR count). The molecule has 2 nitrogen and oxygen atoms in total. The lowest BCUT2D eigenvalue weighted by atomic mass is 10.1. The van der Waals surface area contributed by atoms with E-state index < -0.39 is 0 Å². The van der Waals surface area contributed by atoms with Gasteiger partial charge in [-0.3, -0.25) is 0 Å². The van der Waals surface area contributed by atoms with Crippen LogP contribution in [0.4, 0.5) is 0 Å². The lowest BCUT2D eigenvalue weighted by Crippen LogP contribution is -1.79. The minimum absolute atomic E-state index is 0.748. The van der Waals surface area contributed by atoms with Crippen molar-refractivity contribution in [2.24, 2.45) is 0 Å². The molecule has 1 aromatic carbocycles. The zero-order valence-corrected chi connectivity index (χ0v) is 6.59. The van der Waals surface area contributed by atoms with E-state index in [1.807, 2.05) is 32.0 Å². The molecule has 0 atom stereocenters. The van der Waals surface area contributed by atoms with E-state index in [0.29, 0.717) is 0 Å². The highest BCUT2D eigenvalue weighted by atomic mass is 16.4. The van der Waals surface area contributed by atoms with Gasteiger partial charge in [0, 0.05) is 5.01 Å². The molecule has 0 spiro atoms. The summed E-state index contributed by atoms with van der Waals surface area (Å²) in [5, 5.41) is 12.4. The second kappa shape index (κ2) is 3.07. The van der Waals surface area contributed by atoms with Gasteiger partial charge < -0.3 is 5.21 Å². The Balaban J connectivity index is 3.15. The fourth-order valence-corrected chi connectivity index (χ4v) is 1.09. The van der Waals surface area contributed by atoms with Gasteiger partial charge in [-0.15, -0.1) is 0 Å². The van der Waals surface area contributed by atoms with Crippen molar-refractivity contribution < 1.29 is 0 Å². The van der Waals surface area contributed by atoms with Gasteiger partial charge in [-0.25, -0.2) is 0 Å². The molecule has 0 amide bonds. The maximum atomic E-state index is 9.84. The summed E-state index contributed by atoms with van der Waals surface area (Å²) in [6.45, 7) is 3.95. The largest absolute Gasteiger partial charge is 0.498 e. The summed E-state index contributed by atoms with van der Waals surface area (Å²) in [4.78, 5) is 0. The van der Waals surface area contributed by atoms with Crippen LogP contribution in [0.5, 0.6) is 0 Å². The molecular weight excluding hydrogens is 138 g/mol. The highest BCUT2D eigenvalue weighted by Crippen LogP contribution is 2.07. The van der Waals surface area contributed by atoms with Gasteiger partial charge in [0.25, 0.3) is 0 Å². The number of aryl methyl sites for hydroxylation is 2. The highest BCUT2D eigenvalue weighted by molar-refractivity contribution is 5.38. The topological polar surface area (TPSA) is 27.4 Å². The molecule has 0 fully saturated rings. The molecule has 2 heteroatoms.